The van der Waals surface area contributed by atoms with E-state index in [1.165, 1.54) is 18.9 Å². The summed E-state index contributed by atoms with van der Waals surface area (Å²) in [4.78, 5) is 2.71. The van der Waals surface area contributed by atoms with Crippen molar-refractivity contribution in [1.82, 2.24) is 4.90 Å². The highest BCUT2D eigenvalue weighted by Crippen LogP contribution is 2.31. The lowest BCUT2D eigenvalue weighted by molar-refractivity contribution is 0.203. The molecule has 1 fully saturated rings. The van der Waals surface area contributed by atoms with Crippen molar-refractivity contribution in [3.05, 3.63) is 35.1 Å². The highest BCUT2D eigenvalue weighted by Gasteiger charge is 2.26. The third-order valence-corrected chi connectivity index (χ3v) is 3.85. The van der Waals surface area contributed by atoms with Crippen molar-refractivity contribution in [3.8, 4) is 0 Å². The number of nitrogens with two attached hydrogens (primary N) is 1. The summed E-state index contributed by atoms with van der Waals surface area (Å²) in [6, 6.07) is 5.08. The third-order valence-electron chi connectivity index (χ3n) is 3.63. The van der Waals surface area contributed by atoms with E-state index in [-0.39, 0.29) is 5.82 Å². The molecule has 2 N–H and O–H groups in total. The first kappa shape index (κ1) is 14.4. The Bertz CT molecular complexity index is 469. The summed E-state index contributed by atoms with van der Waals surface area (Å²) >= 11 is 5.05. The summed E-state index contributed by atoms with van der Waals surface area (Å²) in [7, 11) is 0. The summed E-state index contributed by atoms with van der Waals surface area (Å²) in [5.41, 5.74) is 7.40. The second kappa shape index (κ2) is 5.97. The van der Waals surface area contributed by atoms with Gasteiger partial charge in [-0.2, -0.15) is 0 Å². The van der Waals surface area contributed by atoms with Gasteiger partial charge in [0.15, 0.2) is 0 Å². The Kier molecular flexibility index (Phi) is 4.53. The van der Waals surface area contributed by atoms with Crippen molar-refractivity contribution in [2.45, 2.75) is 39.3 Å². The first-order chi connectivity index (χ1) is 8.97. The van der Waals surface area contributed by atoms with E-state index < -0.39 is 0 Å². The van der Waals surface area contributed by atoms with Gasteiger partial charge in [-0.3, -0.25) is 4.90 Å². The normalized spacial score (nSPS) is 15.2. The van der Waals surface area contributed by atoms with Gasteiger partial charge >= 0.3 is 0 Å². The van der Waals surface area contributed by atoms with E-state index in [1.54, 1.807) is 12.1 Å². The average Bonchev–Trinajstić information content (AvgIpc) is 3.11. The molecule has 104 valence electrons. The van der Waals surface area contributed by atoms with Crippen molar-refractivity contribution >= 4 is 17.2 Å². The van der Waals surface area contributed by atoms with Gasteiger partial charge in [0.2, 0.25) is 0 Å². The van der Waals surface area contributed by atoms with Crippen molar-refractivity contribution < 1.29 is 4.39 Å². The molecule has 0 aliphatic heterocycles. The maximum absolute atomic E-state index is 13.4. The molecule has 0 saturated heterocycles. The predicted molar refractivity (Wildman–Crippen MR) is 80.6 cm³/mol. The van der Waals surface area contributed by atoms with Crippen LogP contribution >= 0.6 is 12.2 Å². The van der Waals surface area contributed by atoms with E-state index in [2.05, 4.69) is 18.7 Å². The number of halogens is 1. The van der Waals surface area contributed by atoms with Crippen LogP contribution in [0.15, 0.2) is 18.2 Å². The summed E-state index contributed by atoms with van der Waals surface area (Å²) in [6.07, 6.45) is 2.63. The molecule has 2 rings (SSSR count). The highest BCUT2D eigenvalue weighted by atomic mass is 32.1. The zero-order valence-electron chi connectivity index (χ0n) is 11.5. The van der Waals surface area contributed by atoms with Gasteiger partial charge in [-0.15, -0.1) is 0 Å². The summed E-state index contributed by atoms with van der Waals surface area (Å²) < 4.78 is 13.4. The SMILES string of the molecule is CC(C)N(Cc1cc(F)ccc1C(N)=S)CC1CC1. The topological polar surface area (TPSA) is 29.3 Å². The van der Waals surface area contributed by atoms with Crippen molar-refractivity contribution in [2.75, 3.05) is 6.54 Å². The minimum absolute atomic E-state index is 0.231. The van der Waals surface area contributed by atoms with E-state index in [4.69, 9.17) is 18.0 Å². The molecule has 2 nitrogen and oxygen atoms in total. The van der Waals surface area contributed by atoms with Crippen molar-refractivity contribution in [3.63, 3.8) is 0 Å². The Balaban J connectivity index is 2.18. The van der Waals surface area contributed by atoms with E-state index >= 15 is 0 Å². The maximum atomic E-state index is 13.4. The van der Waals surface area contributed by atoms with Crippen LogP contribution in [0.5, 0.6) is 0 Å². The molecule has 1 aliphatic carbocycles. The lowest BCUT2D eigenvalue weighted by Crippen LogP contribution is -2.33. The van der Waals surface area contributed by atoms with Gasteiger partial charge in [0, 0.05) is 24.7 Å². The fourth-order valence-corrected chi connectivity index (χ4v) is 2.44. The number of hydrogen-bond acceptors (Lipinski definition) is 2. The summed E-state index contributed by atoms with van der Waals surface area (Å²) in [5, 5.41) is 0. The Morgan fingerprint density at radius 1 is 1.47 bits per heavy atom. The zero-order chi connectivity index (χ0) is 14.0. The molecule has 0 amide bonds. The minimum atomic E-state index is -0.231. The van der Waals surface area contributed by atoms with Crippen LogP contribution in [0.4, 0.5) is 4.39 Å². The van der Waals surface area contributed by atoms with Crippen LogP contribution in [0.25, 0.3) is 0 Å². The van der Waals surface area contributed by atoms with Gasteiger partial charge in [-0.05, 0) is 56.4 Å². The van der Waals surface area contributed by atoms with Crippen LogP contribution in [0.1, 0.15) is 37.8 Å². The number of nitrogens with zero attached hydrogens (tertiary/aromatic N) is 1. The molecule has 0 spiro atoms. The van der Waals surface area contributed by atoms with Crippen LogP contribution in [0.2, 0.25) is 0 Å². The van der Waals surface area contributed by atoms with Crippen LogP contribution in [0, 0.1) is 11.7 Å². The van der Waals surface area contributed by atoms with Gasteiger partial charge in [0.25, 0.3) is 0 Å². The van der Waals surface area contributed by atoms with E-state index in [9.17, 15) is 4.39 Å². The van der Waals surface area contributed by atoms with Crippen molar-refractivity contribution in [1.29, 1.82) is 0 Å². The third kappa shape index (κ3) is 3.98. The molecule has 19 heavy (non-hydrogen) atoms. The Hall–Kier alpha value is -1.00. The molecule has 1 aromatic rings. The number of rotatable bonds is 6. The first-order valence-corrected chi connectivity index (χ1v) is 7.20. The number of hydrogen-bond donors (Lipinski definition) is 1. The monoisotopic (exact) mass is 280 g/mol. The van der Waals surface area contributed by atoms with Gasteiger partial charge in [-0.25, -0.2) is 4.39 Å². The molecular weight excluding hydrogens is 259 g/mol. The molecule has 0 heterocycles. The molecule has 1 aromatic carbocycles. The molecule has 1 saturated carbocycles. The molecule has 0 atom stereocenters. The smallest absolute Gasteiger partial charge is 0.123 e. The molecule has 0 radical (unpaired) electrons. The molecular formula is C15H21FN2S. The fourth-order valence-electron chi connectivity index (χ4n) is 2.24. The lowest BCUT2D eigenvalue weighted by atomic mass is 10.1. The first-order valence-electron chi connectivity index (χ1n) is 6.79. The molecule has 1 aliphatic rings. The molecule has 0 bridgehead atoms. The van der Waals surface area contributed by atoms with Gasteiger partial charge in [0.05, 0.1) is 0 Å². The summed E-state index contributed by atoms with van der Waals surface area (Å²) in [5.74, 6) is 0.578. The molecule has 0 unspecified atom stereocenters. The number of benzene rings is 1. The van der Waals surface area contributed by atoms with Crippen LogP contribution < -0.4 is 5.73 Å². The largest absolute Gasteiger partial charge is 0.389 e. The standard InChI is InChI=1S/C15H21FN2S/c1-10(2)18(8-11-3-4-11)9-12-7-13(16)5-6-14(12)15(17)19/h5-7,10-11H,3-4,8-9H2,1-2H3,(H2,17,19). The van der Waals surface area contributed by atoms with E-state index in [1.807, 2.05) is 0 Å². The Morgan fingerprint density at radius 3 is 2.68 bits per heavy atom. The van der Waals surface area contributed by atoms with E-state index in [0.717, 1.165) is 23.6 Å². The molecule has 0 aromatic heterocycles. The van der Waals surface area contributed by atoms with Gasteiger partial charge in [0.1, 0.15) is 10.8 Å². The molecule has 4 heteroatoms. The zero-order valence-corrected chi connectivity index (χ0v) is 12.3. The Morgan fingerprint density at radius 2 is 2.16 bits per heavy atom. The van der Waals surface area contributed by atoms with E-state index in [0.29, 0.717) is 17.6 Å². The maximum Gasteiger partial charge on any atom is 0.123 e. The van der Waals surface area contributed by atoms with Crippen LogP contribution in [0.3, 0.4) is 0 Å². The predicted octanol–water partition coefficient (Wildman–Crippen LogP) is 3.08. The quantitative estimate of drug-likeness (QED) is 0.812. The van der Waals surface area contributed by atoms with Crippen molar-refractivity contribution in [2.24, 2.45) is 11.7 Å². The number of thiocarbonyl (C=S) groups is 1. The summed E-state index contributed by atoms with van der Waals surface area (Å²) in [6.45, 7) is 6.12. The second-order valence-corrected chi connectivity index (χ2v) is 6.07. The van der Waals surface area contributed by atoms with Gasteiger partial charge in [-0.1, -0.05) is 12.2 Å². The fraction of sp³-hybridized carbons (Fsp3) is 0.533. The van der Waals surface area contributed by atoms with Crippen LogP contribution in [-0.4, -0.2) is 22.5 Å². The van der Waals surface area contributed by atoms with Gasteiger partial charge < -0.3 is 5.73 Å². The average molecular weight is 280 g/mol. The lowest BCUT2D eigenvalue weighted by Gasteiger charge is -2.27. The second-order valence-electron chi connectivity index (χ2n) is 5.63. The minimum Gasteiger partial charge on any atom is -0.389 e. The highest BCUT2D eigenvalue weighted by molar-refractivity contribution is 7.80. The Labute approximate surface area is 119 Å². The van der Waals surface area contributed by atoms with Crippen LogP contribution in [-0.2, 0) is 6.54 Å².